The van der Waals surface area contributed by atoms with E-state index in [1.807, 2.05) is 35.2 Å². The number of hydrogen-bond acceptors (Lipinski definition) is 3. The molecule has 0 radical (unpaired) electrons. The summed E-state index contributed by atoms with van der Waals surface area (Å²) in [7, 11) is 0. The molecule has 5 nitrogen and oxygen atoms in total. The zero-order chi connectivity index (χ0) is 18.4. The van der Waals surface area contributed by atoms with Gasteiger partial charge >= 0.3 is 0 Å². The monoisotopic (exact) mass is 363 g/mol. The molecule has 3 aliphatic heterocycles. The van der Waals surface area contributed by atoms with Gasteiger partial charge in [0, 0.05) is 43.2 Å². The van der Waals surface area contributed by atoms with Crippen LogP contribution in [0.15, 0.2) is 36.5 Å². The highest BCUT2D eigenvalue weighted by atomic mass is 16.2. The highest BCUT2D eigenvalue weighted by Gasteiger charge is 2.40. The van der Waals surface area contributed by atoms with Gasteiger partial charge in [-0.1, -0.05) is 24.6 Å². The number of nitrogens with zero attached hydrogens (tertiary/aromatic N) is 3. The van der Waals surface area contributed by atoms with E-state index in [-0.39, 0.29) is 17.9 Å². The summed E-state index contributed by atoms with van der Waals surface area (Å²) in [5.41, 5.74) is 1.56. The molecule has 27 heavy (non-hydrogen) atoms. The molecule has 6 rings (SSSR count). The highest BCUT2D eigenvalue weighted by Crippen LogP contribution is 2.33. The van der Waals surface area contributed by atoms with Crippen LogP contribution in [0, 0.1) is 11.8 Å². The number of para-hydroxylation sites is 1. The molecule has 2 aromatic rings. The molecule has 0 spiro atoms. The Morgan fingerprint density at radius 2 is 1.85 bits per heavy atom. The summed E-state index contributed by atoms with van der Waals surface area (Å²) in [6, 6.07) is 9.95. The first kappa shape index (κ1) is 16.7. The van der Waals surface area contributed by atoms with E-state index in [1.165, 1.54) is 6.42 Å². The molecule has 1 aliphatic carbocycles. The van der Waals surface area contributed by atoms with Crippen molar-refractivity contribution in [1.82, 2.24) is 14.8 Å². The fourth-order valence-corrected chi connectivity index (χ4v) is 4.78. The van der Waals surface area contributed by atoms with E-state index in [0.29, 0.717) is 23.9 Å². The standard InChI is InChI=1S/C22H25N3O2/c26-21(16-5-3-6-16)24-12-15-8-9-19(14-24)25(13-15)22(27)18-10-17-4-1-2-7-20(17)23-11-18/h1-2,4,7,10-11,15-16,19H,3,5-6,8-9,12-14H2/t15-,19+/m0/s1. The lowest BCUT2D eigenvalue weighted by Gasteiger charge is -2.36. The third-order valence-corrected chi connectivity index (χ3v) is 6.58. The largest absolute Gasteiger partial charge is 0.340 e. The topological polar surface area (TPSA) is 53.5 Å². The van der Waals surface area contributed by atoms with Crippen molar-refractivity contribution in [2.75, 3.05) is 19.6 Å². The van der Waals surface area contributed by atoms with Crippen molar-refractivity contribution in [3.8, 4) is 0 Å². The molecule has 1 aromatic heterocycles. The summed E-state index contributed by atoms with van der Waals surface area (Å²) in [4.78, 5) is 34.5. The number of pyridine rings is 1. The fourth-order valence-electron chi connectivity index (χ4n) is 4.78. The van der Waals surface area contributed by atoms with Gasteiger partial charge in [-0.3, -0.25) is 14.6 Å². The van der Waals surface area contributed by atoms with Crippen LogP contribution >= 0.6 is 0 Å². The molecule has 140 valence electrons. The minimum atomic E-state index is 0.0564. The zero-order valence-electron chi connectivity index (χ0n) is 15.5. The summed E-state index contributed by atoms with van der Waals surface area (Å²) < 4.78 is 0. The maximum absolute atomic E-state index is 13.2. The molecule has 4 aliphatic rings. The van der Waals surface area contributed by atoms with E-state index < -0.39 is 0 Å². The summed E-state index contributed by atoms with van der Waals surface area (Å²) in [5.74, 6) is 1.00. The third kappa shape index (κ3) is 2.99. The smallest absolute Gasteiger partial charge is 0.255 e. The Hall–Kier alpha value is -2.43. The molecule has 2 atom stereocenters. The van der Waals surface area contributed by atoms with Crippen LogP contribution < -0.4 is 0 Å². The van der Waals surface area contributed by atoms with E-state index in [4.69, 9.17) is 0 Å². The first-order chi connectivity index (χ1) is 13.2. The number of hydrogen-bond donors (Lipinski definition) is 0. The van der Waals surface area contributed by atoms with Crippen LogP contribution in [0.4, 0.5) is 0 Å². The van der Waals surface area contributed by atoms with Gasteiger partial charge < -0.3 is 9.80 Å². The van der Waals surface area contributed by atoms with Crippen LogP contribution in [0.3, 0.4) is 0 Å². The molecule has 0 unspecified atom stereocenters. The summed E-state index contributed by atoms with van der Waals surface area (Å²) >= 11 is 0. The molecule has 0 N–H and O–H groups in total. The van der Waals surface area contributed by atoms with Crippen molar-refractivity contribution in [3.63, 3.8) is 0 Å². The van der Waals surface area contributed by atoms with E-state index in [0.717, 1.165) is 49.7 Å². The first-order valence-corrected chi connectivity index (χ1v) is 10.1. The molecular formula is C22H25N3O2. The number of carbonyl (C=O) groups is 2. The van der Waals surface area contributed by atoms with Gasteiger partial charge in [-0.15, -0.1) is 0 Å². The van der Waals surface area contributed by atoms with Gasteiger partial charge in [-0.25, -0.2) is 0 Å². The minimum Gasteiger partial charge on any atom is -0.340 e. The number of fused-ring (bicyclic) bond motifs is 5. The molecule has 3 saturated heterocycles. The molecule has 5 heteroatoms. The van der Waals surface area contributed by atoms with E-state index in [9.17, 15) is 9.59 Å². The minimum absolute atomic E-state index is 0.0564. The van der Waals surface area contributed by atoms with Gasteiger partial charge in [-0.05, 0) is 43.7 Å². The van der Waals surface area contributed by atoms with Gasteiger partial charge in [-0.2, -0.15) is 0 Å². The van der Waals surface area contributed by atoms with E-state index in [1.54, 1.807) is 6.20 Å². The second kappa shape index (κ2) is 6.63. The maximum atomic E-state index is 13.2. The maximum Gasteiger partial charge on any atom is 0.255 e. The number of rotatable bonds is 2. The lowest BCUT2D eigenvalue weighted by molar-refractivity contribution is -0.138. The Morgan fingerprint density at radius 3 is 2.67 bits per heavy atom. The number of carbonyl (C=O) groups excluding carboxylic acids is 2. The van der Waals surface area contributed by atoms with Gasteiger partial charge in [0.25, 0.3) is 5.91 Å². The van der Waals surface area contributed by atoms with Gasteiger partial charge in [0.1, 0.15) is 0 Å². The Bertz CT molecular complexity index is 892. The van der Waals surface area contributed by atoms with Crippen molar-refractivity contribution in [2.45, 2.75) is 38.1 Å². The third-order valence-electron chi connectivity index (χ3n) is 6.58. The lowest BCUT2D eigenvalue weighted by Crippen LogP contribution is -2.48. The SMILES string of the molecule is O=C(C1CCC1)N1C[C@@H]2CC[C@H](C1)N(C(=O)c1cnc3ccccc3c1)C2. The average Bonchev–Trinajstić information content (AvgIpc) is 2.98. The van der Waals surface area contributed by atoms with Gasteiger partial charge in [0.05, 0.1) is 11.1 Å². The molecule has 2 bridgehead atoms. The van der Waals surface area contributed by atoms with Crippen molar-refractivity contribution < 1.29 is 9.59 Å². The van der Waals surface area contributed by atoms with Crippen LogP contribution in [0.5, 0.6) is 0 Å². The number of aromatic nitrogens is 1. The predicted molar refractivity (Wildman–Crippen MR) is 103 cm³/mol. The highest BCUT2D eigenvalue weighted by molar-refractivity contribution is 5.97. The van der Waals surface area contributed by atoms with Crippen molar-refractivity contribution >= 4 is 22.7 Å². The van der Waals surface area contributed by atoms with Crippen LogP contribution in [0.1, 0.15) is 42.5 Å². The van der Waals surface area contributed by atoms with E-state index in [2.05, 4.69) is 9.88 Å². The molecule has 2 amide bonds. The average molecular weight is 363 g/mol. The Labute approximate surface area is 159 Å². The van der Waals surface area contributed by atoms with Crippen molar-refractivity contribution in [3.05, 3.63) is 42.1 Å². The summed E-state index contributed by atoms with van der Waals surface area (Å²) in [5, 5.41) is 0.991. The van der Waals surface area contributed by atoms with Crippen LogP contribution in [0.2, 0.25) is 0 Å². The normalized spacial score (nSPS) is 25.3. The Morgan fingerprint density at radius 1 is 1.00 bits per heavy atom. The van der Waals surface area contributed by atoms with Crippen molar-refractivity contribution in [1.29, 1.82) is 0 Å². The lowest BCUT2D eigenvalue weighted by atomic mass is 9.84. The number of piperidine rings is 1. The Balaban J connectivity index is 1.38. The van der Waals surface area contributed by atoms with Crippen LogP contribution in [0.25, 0.3) is 10.9 Å². The second-order valence-electron chi connectivity index (χ2n) is 8.34. The Kier molecular flexibility index (Phi) is 4.10. The zero-order valence-corrected chi connectivity index (χ0v) is 15.5. The molecule has 4 heterocycles. The van der Waals surface area contributed by atoms with Crippen LogP contribution in [-0.4, -0.2) is 52.3 Å². The van der Waals surface area contributed by atoms with E-state index >= 15 is 0 Å². The predicted octanol–water partition coefficient (Wildman–Crippen LogP) is 3.10. The van der Waals surface area contributed by atoms with Crippen molar-refractivity contribution in [2.24, 2.45) is 11.8 Å². The quantitative estimate of drug-likeness (QED) is 0.824. The second-order valence-corrected chi connectivity index (χ2v) is 8.34. The first-order valence-electron chi connectivity index (χ1n) is 10.1. The summed E-state index contributed by atoms with van der Waals surface area (Å²) in [6.07, 6.45) is 7.05. The van der Waals surface area contributed by atoms with Crippen LogP contribution in [-0.2, 0) is 4.79 Å². The van der Waals surface area contributed by atoms with Gasteiger partial charge in [0.2, 0.25) is 5.91 Å². The molecule has 1 aromatic carbocycles. The fraction of sp³-hybridized carbons (Fsp3) is 0.500. The molecule has 4 fully saturated rings. The number of benzene rings is 1. The number of amides is 2. The molecular weight excluding hydrogens is 338 g/mol. The summed E-state index contributed by atoms with van der Waals surface area (Å²) in [6.45, 7) is 2.26. The van der Waals surface area contributed by atoms with Gasteiger partial charge in [0.15, 0.2) is 0 Å². The molecule has 1 saturated carbocycles.